The summed E-state index contributed by atoms with van der Waals surface area (Å²) in [5.41, 5.74) is 0.424. The molecule has 13 heteroatoms. The van der Waals surface area contributed by atoms with Crippen LogP contribution < -0.4 is 14.2 Å². The molecule has 0 spiro atoms. The van der Waals surface area contributed by atoms with Gasteiger partial charge in [-0.2, -0.15) is 13.2 Å². The number of carboxylic acids is 1. The van der Waals surface area contributed by atoms with Gasteiger partial charge in [-0.1, -0.05) is 23.7 Å². The highest BCUT2D eigenvalue weighted by atomic mass is 35.5. The van der Waals surface area contributed by atoms with Crippen LogP contribution in [0, 0.1) is 0 Å². The molecular formula is C22H19ClF3N3O6. The van der Waals surface area contributed by atoms with Crippen molar-refractivity contribution in [3.63, 3.8) is 0 Å². The molecule has 0 saturated heterocycles. The number of para-hydroxylation sites is 1. The minimum Gasteiger partial charge on any atom is -0.494 e. The van der Waals surface area contributed by atoms with E-state index in [-0.39, 0.29) is 33.6 Å². The third-order valence-corrected chi connectivity index (χ3v) is 5.62. The quantitative estimate of drug-likeness (QED) is 0.510. The van der Waals surface area contributed by atoms with Crippen LogP contribution in [0.2, 0.25) is 5.02 Å². The third-order valence-electron chi connectivity index (χ3n) is 5.40. The zero-order chi connectivity index (χ0) is 25.5. The normalized spacial score (nSPS) is 17.2. The van der Waals surface area contributed by atoms with Crippen molar-refractivity contribution >= 4 is 17.6 Å². The van der Waals surface area contributed by atoms with Crippen molar-refractivity contribution < 1.29 is 42.0 Å². The van der Waals surface area contributed by atoms with E-state index in [0.717, 1.165) is 0 Å². The molecule has 2 aromatic carbocycles. The van der Waals surface area contributed by atoms with Gasteiger partial charge in [0.2, 0.25) is 5.82 Å². The van der Waals surface area contributed by atoms with Gasteiger partial charge in [-0.15, -0.1) is 10.2 Å². The molecule has 0 amide bonds. The number of methoxy groups -OCH3 is 3. The average molecular weight is 514 g/mol. The van der Waals surface area contributed by atoms with Crippen LogP contribution in [0.5, 0.6) is 17.2 Å². The van der Waals surface area contributed by atoms with Crippen molar-refractivity contribution in [1.29, 1.82) is 0 Å². The summed E-state index contributed by atoms with van der Waals surface area (Å²) < 4.78 is 65.1. The zero-order valence-corrected chi connectivity index (χ0v) is 19.3. The predicted molar refractivity (Wildman–Crippen MR) is 115 cm³/mol. The lowest BCUT2D eigenvalue weighted by Gasteiger charge is -2.25. The van der Waals surface area contributed by atoms with Gasteiger partial charge < -0.3 is 24.1 Å². The first-order chi connectivity index (χ1) is 16.6. The number of carboxylic acid groups (broad SMARTS) is 1. The smallest absolute Gasteiger partial charge is 0.452 e. The van der Waals surface area contributed by atoms with E-state index in [2.05, 4.69) is 10.2 Å². The van der Waals surface area contributed by atoms with Gasteiger partial charge in [-0.25, -0.2) is 0 Å². The Balaban J connectivity index is 2.11. The monoisotopic (exact) mass is 513 g/mol. The molecule has 0 bridgehead atoms. The molecule has 1 aliphatic rings. The number of rotatable bonds is 6. The second-order valence-electron chi connectivity index (χ2n) is 7.45. The fourth-order valence-electron chi connectivity index (χ4n) is 4.05. The lowest BCUT2D eigenvalue weighted by molar-refractivity contribution is -0.146. The number of halogens is 4. The van der Waals surface area contributed by atoms with E-state index in [1.165, 1.54) is 33.5 Å². The number of fused-ring (bicyclic) bond motifs is 3. The first kappa shape index (κ1) is 24.6. The molecule has 3 aromatic rings. The summed E-state index contributed by atoms with van der Waals surface area (Å²) in [5.74, 6) is -2.49. The van der Waals surface area contributed by atoms with E-state index in [4.69, 9.17) is 30.5 Å². The maximum Gasteiger partial charge on any atom is 0.452 e. The summed E-state index contributed by atoms with van der Waals surface area (Å²) in [6, 6.07) is 7.64. The number of carbonyl (C=O) groups is 1. The summed E-state index contributed by atoms with van der Waals surface area (Å²) in [6.45, 7) is 0. The molecule has 35 heavy (non-hydrogen) atoms. The molecule has 1 N–H and O–H groups in total. The van der Waals surface area contributed by atoms with Crippen LogP contribution >= 0.6 is 11.6 Å². The van der Waals surface area contributed by atoms with Gasteiger partial charge in [0, 0.05) is 22.2 Å². The number of aromatic nitrogens is 3. The van der Waals surface area contributed by atoms with Crippen LogP contribution in [0.25, 0.3) is 5.69 Å². The lowest BCUT2D eigenvalue weighted by Crippen LogP contribution is -2.18. The summed E-state index contributed by atoms with van der Waals surface area (Å²) in [7, 11) is 4.08. The van der Waals surface area contributed by atoms with Gasteiger partial charge in [0.25, 0.3) is 0 Å². The number of hydrogen-bond acceptors (Lipinski definition) is 7. The summed E-state index contributed by atoms with van der Waals surface area (Å²) in [6.07, 6.45) is -8.18. The maximum atomic E-state index is 14.0. The molecule has 0 saturated carbocycles. The van der Waals surface area contributed by atoms with Gasteiger partial charge in [0.15, 0.2) is 17.3 Å². The summed E-state index contributed by atoms with van der Waals surface area (Å²) in [4.78, 5) is 11.7. The van der Waals surface area contributed by atoms with E-state index in [1.54, 1.807) is 18.2 Å². The van der Waals surface area contributed by atoms with E-state index >= 15 is 0 Å². The Hall–Kier alpha value is -3.51. The van der Waals surface area contributed by atoms with Gasteiger partial charge >= 0.3 is 12.1 Å². The summed E-state index contributed by atoms with van der Waals surface area (Å²) >= 11 is 6.30. The highest BCUT2D eigenvalue weighted by molar-refractivity contribution is 6.30. The standard InChI is InChI=1S/C22H19ClF3N3O6/c1-32-13-6-4-5-11(19(13)34-3)18-12-7-10(23)8-14(33-2)17(12)29-20(15(35-18)9-16(30)31)27-28-21(29)22(24,25)26/h4-8,15,18H,9H2,1-3H3,(H,30,31). The van der Waals surface area contributed by atoms with Crippen molar-refractivity contribution in [2.45, 2.75) is 24.8 Å². The Kier molecular flexibility index (Phi) is 6.52. The minimum atomic E-state index is -4.92. The fourth-order valence-corrected chi connectivity index (χ4v) is 4.27. The first-order valence-corrected chi connectivity index (χ1v) is 10.5. The second kappa shape index (κ2) is 9.27. The van der Waals surface area contributed by atoms with Crippen molar-refractivity contribution in [3.05, 3.63) is 58.1 Å². The summed E-state index contributed by atoms with van der Waals surface area (Å²) in [5, 5.41) is 16.6. The number of nitrogens with zero attached hydrogens (tertiary/aromatic N) is 3. The molecule has 9 nitrogen and oxygen atoms in total. The highest BCUT2D eigenvalue weighted by Gasteiger charge is 2.45. The van der Waals surface area contributed by atoms with E-state index in [9.17, 15) is 23.1 Å². The average Bonchev–Trinajstić information content (AvgIpc) is 3.20. The number of hydrogen-bond donors (Lipinski definition) is 1. The SMILES string of the molecule is COc1cccc(C2OC(CC(=O)O)c3nnc(C(F)(F)F)n3-c3c(OC)cc(Cl)cc32)c1OC. The molecule has 2 atom stereocenters. The Morgan fingerprint density at radius 3 is 2.43 bits per heavy atom. The molecule has 1 aromatic heterocycles. The molecule has 1 aliphatic heterocycles. The van der Waals surface area contributed by atoms with Gasteiger partial charge in [-0.05, 0) is 12.1 Å². The molecule has 0 radical (unpaired) electrons. The van der Waals surface area contributed by atoms with Crippen molar-refractivity contribution in [1.82, 2.24) is 14.8 Å². The predicted octanol–water partition coefficient (Wildman–Crippen LogP) is 4.60. The van der Waals surface area contributed by atoms with Gasteiger partial charge in [-0.3, -0.25) is 9.36 Å². The first-order valence-electron chi connectivity index (χ1n) is 10.1. The van der Waals surface area contributed by atoms with E-state index < -0.39 is 36.6 Å². The van der Waals surface area contributed by atoms with Gasteiger partial charge in [0.1, 0.15) is 18.0 Å². The largest absolute Gasteiger partial charge is 0.494 e. The Morgan fingerprint density at radius 1 is 1.11 bits per heavy atom. The van der Waals surface area contributed by atoms with Crippen molar-refractivity contribution in [2.24, 2.45) is 0 Å². The number of benzene rings is 2. The highest BCUT2D eigenvalue weighted by Crippen LogP contribution is 2.49. The van der Waals surface area contributed by atoms with E-state index in [0.29, 0.717) is 15.9 Å². The van der Waals surface area contributed by atoms with Crippen molar-refractivity contribution in [3.8, 4) is 22.9 Å². The van der Waals surface area contributed by atoms with Crippen LogP contribution in [0.1, 0.15) is 41.4 Å². The molecule has 0 aliphatic carbocycles. The van der Waals surface area contributed by atoms with Crippen LogP contribution in [0.3, 0.4) is 0 Å². The molecule has 186 valence electrons. The zero-order valence-electron chi connectivity index (χ0n) is 18.6. The Bertz CT molecular complexity index is 1280. The molecular weight excluding hydrogens is 495 g/mol. The van der Waals surface area contributed by atoms with Crippen molar-refractivity contribution in [2.75, 3.05) is 21.3 Å². The molecule has 4 rings (SSSR count). The van der Waals surface area contributed by atoms with E-state index in [1.807, 2.05) is 0 Å². The Morgan fingerprint density at radius 2 is 1.83 bits per heavy atom. The van der Waals surface area contributed by atoms with Crippen LogP contribution in [-0.2, 0) is 15.7 Å². The molecule has 0 fully saturated rings. The third kappa shape index (κ3) is 4.34. The second-order valence-corrected chi connectivity index (χ2v) is 7.88. The maximum absolute atomic E-state index is 14.0. The van der Waals surface area contributed by atoms with Crippen LogP contribution in [0.15, 0.2) is 30.3 Å². The minimum absolute atomic E-state index is 0.0227. The fraction of sp³-hybridized carbons (Fsp3) is 0.318. The number of aliphatic carboxylic acids is 1. The molecule has 2 unspecified atom stereocenters. The number of ether oxygens (including phenoxy) is 4. The lowest BCUT2D eigenvalue weighted by atomic mass is 9.97. The molecule has 2 heterocycles. The van der Waals surface area contributed by atoms with Gasteiger partial charge in [0.05, 0.1) is 33.4 Å². The van der Waals surface area contributed by atoms with Crippen LogP contribution in [-0.4, -0.2) is 47.2 Å². The Labute approximate surface area is 201 Å². The number of alkyl halides is 3. The van der Waals surface area contributed by atoms with Crippen LogP contribution in [0.4, 0.5) is 13.2 Å². The topological polar surface area (TPSA) is 105 Å².